The average molecular weight is 234 g/mol. The van der Waals surface area contributed by atoms with Crippen LogP contribution in [0.4, 0.5) is 0 Å². The van der Waals surface area contributed by atoms with Crippen LogP contribution in [0.2, 0.25) is 0 Å². The van der Waals surface area contributed by atoms with Crippen molar-refractivity contribution >= 4 is 12.2 Å². The van der Waals surface area contributed by atoms with E-state index < -0.39 is 0 Å². The molecule has 0 spiro atoms. The van der Waals surface area contributed by atoms with Gasteiger partial charge in [-0.2, -0.15) is 0 Å². The van der Waals surface area contributed by atoms with E-state index in [1.165, 1.54) is 5.56 Å². The standard InChI is InChI=1S/C12H14N2OS/c1-8-4-5-11(15-3)10(6-8)14-7-9(2)13-12(14)16/h4-7H,1-3H3,(H,13,16). The van der Waals surface area contributed by atoms with E-state index in [1.807, 2.05) is 36.7 Å². The van der Waals surface area contributed by atoms with Crippen LogP contribution in [0.15, 0.2) is 24.4 Å². The molecule has 0 aliphatic rings. The minimum atomic E-state index is 0.682. The molecule has 1 aromatic carbocycles. The summed E-state index contributed by atoms with van der Waals surface area (Å²) < 4.78 is 7.95. The third kappa shape index (κ3) is 1.88. The maximum Gasteiger partial charge on any atom is 0.182 e. The number of rotatable bonds is 2. The Labute approximate surface area is 99.7 Å². The number of nitrogens with zero attached hydrogens (tertiary/aromatic N) is 1. The van der Waals surface area contributed by atoms with Gasteiger partial charge in [-0.3, -0.25) is 4.57 Å². The summed E-state index contributed by atoms with van der Waals surface area (Å²) in [6.07, 6.45) is 1.97. The number of benzene rings is 1. The lowest BCUT2D eigenvalue weighted by molar-refractivity contribution is 0.412. The predicted molar refractivity (Wildman–Crippen MR) is 67.0 cm³/mol. The van der Waals surface area contributed by atoms with Gasteiger partial charge in [0.2, 0.25) is 0 Å². The van der Waals surface area contributed by atoms with Crippen molar-refractivity contribution in [1.29, 1.82) is 0 Å². The molecule has 0 aliphatic heterocycles. The number of imidazole rings is 1. The Morgan fingerprint density at radius 1 is 1.31 bits per heavy atom. The molecule has 0 radical (unpaired) electrons. The number of methoxy groups -OCH3 is 1. The first-order chi connectivity index (χ1) is 7.61. The first-order valence-electron chi connectivity index (χ1n) is 5.05. The Kier molecular flexibility index (Phi) is 2.83. The highest BCUT2D eigenvalue weighted by molar-refractivity contribution is 7.71. The summed E-state index contributed by atoms with van der Waals surface area (Å²) in [4.78, 5) is 3.10. The lowest BCUT2D eigenvalue weighted by atomic mass is 10.2. The van der Waals surface area contributed by atoms with Crippen LogP contribution >= 0.6 is 12.2 Å². The van der Waals surface area contributed by atoms with Gasteiger partial charge >= 0.3 is 0 Å². The monoisotopic (exact) mass is 234 g/mol. The molecule has 1 N–H and O–H groups in total. The van der Waals surface area contributed by atoms with Gasteiger partial charge in [-0.05, 0) is 43.8 Å². The van der Waals surface area contributed by atoms with Gasteiger partial charge in [0, 0.05) is 11.9 Å². The van der Waals surface area contributed by atoms with Gasteiger partial charge in [-0.1, -0.05) is 6.07 Å². The molecule has 4 heteroatoms. The smallest absolute Gasteiger partial charge is 0.182 e. The number of nitrogens with one attached hydrogen (secondary N) is 1. The highest BCUT2D eigenvalue weighted by Gasteiger charge is 2.07. The van der Waals surface area contributed by atoms with Crippen LogP contribution in [0.25, 0.3) is 5.69 Å². The molecule has 84 valence electrons. The van der Waals surface area contributed by atoms with Crippen LogP contribution in [0.5, 0.6) is 5.75 Å². The first-order valence-corrected chi connectivity index (χ1v) is 5.46. The molecule has 0 saturated heterocycles. The second kappa shape index (κ2) is 4.14. The van der Waals surface area contributed by atoms with E-state index in [4.69, 9.17) is 17.0 Å². The molecule has 1 heterocycles. The molecule has 2 aromatic rings. The van der Waals surface area contributed by atoms with Crippen LogP contribution in [-0.4, -0.2) is 16.7 Å². The summed E-state index contributed by atoms with van der Waals surface area (Å²) in [5.41, 5.74) is 3.18. The minimum absolute atomic E-state index is 0.682. The normalized spacial score (nSPS) is 10.4. The molecule has 16 heavy (non-hydrogen) atoms. The van der Waals surface area contributed by atoms with Crippen molar-refractivity contribution in [2.24, 2.45) is 0 Å². The Bertz CT molecular complexity index is 569. The molecule has 0 amide bonds. The maximum atomic E-state index is 5.34. The number of H-pyrrole nitrogens is 1. The van der Waals surface area contributed by atoms with Crippen LogP contribution in [0, 0.1) is 18.6 Å². The molecule has 0 unspecified atom stereocenters. The summed E-state index contributed by atoms with van der Waals surface area (Å²) in [5.74, 6) is 0.820. The van der Waals surface area contributed by atoms with Crippen molar-refractivity contribution in [3.63, 3.8) is 0 Å². The number of aryl methyl sites for hydroxylation is 2. The van der Waals surface area contributed by atoms with Gasteiger partial charge in [0.15, 0.2) is 4.77 Å². The molecule has 0 bridgehead atoms. The van der Waals surface area contributed by atoms with E-state index in [0.29, 0.717) is 4.77 Å². The van der Waals surface area contributed by atoms with Crippen molar-refractivity contribution in [2.45, 2.75) is 13.8 Å². The zero-order chi connectivity index (χ0) is 11.7. The fourth-order valence-corrected chi connectivity index (χ4v) is 1.99. The van der Waals surface area contributed by atoms with E-state index >= 15 is 0 Å². The number of ether oxygens (including phenoxy) is 1. The molecular weight excluding hydrogens is 220 g/mol. The fraction of sp³-hybridized carbons (Fsp3) is 0.250. The third-order valence-corrected chi connectivity index (χ3v) is 2.74. The number of hydrogen-bond donors (Lipinski definition) is 1. The molecule has 0 aliphatic carbocycles. The van der Waals surface area contributed by atoms with Gasteiger partial charge in [-0.15, -0.1) is 0 Å². The second-order valence-corrected chi connectivity index (χ2v) is 4.17. The SMILES string of the molecule is COc1ccc(C)cc1-n1cc(C)[nH]c1=S. The molecule has 2 rings (SSSR count). The number of aromatic nitrogens is 2. The summed E-state index contributed by atoms with van der Waals surface area (Å²) >= 11 is 5.26. The van der Waals surface area contributed by atoms with Crippen LogP contribution in [0.3, 0.4) is 0 Å². The summed E-state index contributed by atoms with van der Waals surface area (Å²) in [7, 11) is 1.66. The average Bonchev–Trinajstić information content (AvgIpc) is 2.57. The topological polar surface area (TPSA) is 29.9 Å². The number of aromatic amines is 1. The van der Waals surface area contributed by atoms with Crippen LogP contribution in [-0.2, 0) is 0 Å². The van der Waals surface area contributed by atoms with Crippen molar-refractivity contribution in [3.05, 3.63) is 40.4 Å². The van der Waals surface area contributed by atoms with Gasteiger partial charge in [-0.25, -0.2) is 0 Å². The lowest BCUT2D eigenvalue weighted by Gasteiger charge is -2.09. The highest BCUT2D eigenvalue weighted by atomic mass is 32.1. The highest BCUT2D eigenvalue weighted by Crippen LogP contribution is 2.24. The first kappa shape index (κ1) is 11.0. The van der Waals surface area contributed by atoms with Gasteiger partial charge in [0.25, 0.3) is 0 Å². The summed E-state index contributed by atoms with van der Waals surface area (Å²) in [5, 5.41) is 0. The second-order valence-electron chi connectivity index (χ2n) is 3.79. The van der Waals surface area contributed by atoms with E-state index in [2.05, 4.69) is 11.1 Å². The largest absolute Gasteiger partial charge is 0.495 e. The van der Waals surface area contributed by atoms with E-state index in [1.54, 1.807) is 7.11 Å². The van der Waals surface area contributed by atoms with E-state index in [0.717, 1.165) is 17.1 Å². The molecule has 0 fully saturated rings. The quantitative estimate of drug-likeness (QED) is 0.809. The van der Waals surface area contributed by atoms with E-state index in [-0.39, 0.29) is 0 Å². The Morgan fingerprint density at radius 3 is 2.62 bits per heavy atom. The Hall–Kier alpha value is -1.55. The van der Waals surface area contributed by atoms with Gasteiger partial charge in [0.05, 0.1) is 12.8 Å². The fourth-order valence-electron chi connectivity index (χ4n) is 1.68. The minimum Gasteiger partial charge on any atom is -0.495 e. The van der Waals surface area contributed by atoms with E-state index in [9.17, 15) is 0 Å². The Balaban J connectivity index is 2.67. The molecule has 0 atom stereocenters. The van der Waals surface area contributed by atoms with Crippen molar-refractivity contribution < 1.29 is 4.74 Å². The maximum absolute atomic E-state index is 5.34. The van der Waals surface area contributed by atoms with Gasteiger partial charge in [0.1, 0.15) is 5.75 Å². The predicted octanol–water partition coefficient (Wildman–Crippen LogP) is 3.16. The number of hydrogen-bond acceptors (Lipinski definition) is 2. The zero-order valence-electron chi connectivity index (χ0n) is 9.57. The van der Waals surface area contributed by atoms with Crippen molar-refractivity contribution in [3.8, 4) is 11.4 Å². The van der Waals surface area contributed by atoms with Crippen LogP contribution in [0.1, 0.15) is 11.3 Å². The molecular formula is C12H14N2OS. The molecule has 0 saturated carbocycles. The molecule has 3 nitrogen and oxygen atoms in total. The Morgan fingerprint density at radius 2 is 2.06 bits per heavy atom. The third-order valence-electron chi connectivity index (χ3n) is 2.44. The molecule has 1 aromatic heterocycles. The van der Waals surface area contributed by atoms with Crippen molar-refractivity contribution in [2.75, 3.05) is 7.11 Å². The van der Waals surface area contributed by atoms with Crippen molar-refractivity contribution in [1.82, 2.24) is 9.55 Å². The summed E-state index contributed by atoms with van der Waals surface area (Å²) in [6.45, 7) is 4.03. The zero-order valence-corrected chi connectivity index (χ0v) is 10.4. The lowest BCUT2D eigenvalue weighted by Crippen LogP contribution is -1.97. The van der Waals surface area contributed by atoms with Gasteiger partial charge < -0.3 is 9.72 Å². The van der Waals surface area contributed by atoms with Crippen LogP contribution < -0.4 is 4.74 Å². The summed E-state index contributed by atoms with van der Waals surface area (Å²) in [6, 6.07) is 6.03.